The van der Waals surface area contributed by atoms with Gasteiger partial charge < -0.3 is 14.9 Å². The summed E-state index contributed by atoms with van der Waals surface area (Å²) in [6.45, 7) is 0. The maximum atomic E-state index is 13.1. The molecule has 1 amide bonds. The van der Waals surface area contributed by atoms with E-state index in [-0.39, 0.29) is 23.6 Å². The minimum absolute atomic E-state index is 0.0495. The van der Waals surface area contributed by atoms with Crippen molar-refractivity contribution in [3.8, 4) is 5.75 Å². The molecule has 1 N–H and O–H groups in total. The number of nitrogens with zero attached hydrogens (tertiary/aromatic N) is 2. The van der Waals surface area contributed by atoms with Gasteiger partial charge in [0.2, 0.25) is 5.91 Å². The maximum absolute atomic E-state index is 13.1. The number of amides is 1. The van der Waals surface area contributed by atoms with Crippen LogP contribution in [0, 0.1) is 0 Å². The van der Waals surface area contributed by atoms with E-state index in [1.165, 1.54) is 0 Å². The molecule has 4 nitrogen and oxygen atoms in total. The van der Waals surface area contributed by atoms with Crippen molar-refractivity contribution in [2.24, 2.45) is 0 Å². The molecule has 0 bridgehead atoms. The van der Waals surface area contributed by atoms with Gasteiger partial charge in [0.1, 0.15) is 5.75 Å². The van der Waals surface area contributed by atoms with Crippen LogP contribution in [0.5, 0.6) is 5.75 Å². The fraction of sp³-hybridized carbons (Fsp3) is 0.174. The van der Waals surface area contributed by atoms with Crippen LogP contribution in [0.1, 0.15) is 23.1 Å². The van der Waals surface area contributed by atoms with Crippen LogP contribution in [0.4, 0.5) is 11.4 Å². The van der Waals surface area contributed by atoms with Crippen LogP contribution < -0.4 is 9.80 Å². The smallest absolute Gasteiger partial charge is 0.237 e. The quantitative estimate of drug-likeness (QED) is 0.706. The lowest BCUT2D eigenvalue weighted by Crippen LogP contribution is -2.53. The Morgan fingerprint density at radius 2 is 1.56 bits per heavy atom. The molecule has 0 aromatic heterocycles. The van der Waals surface area contributed by atoms with Crippen LogP contribution in [-0.2, 0) is 4.79 Å². The number of anilines is 2. The van der Waals surface area contributed by atoms with Gasteiger partial charge in [-0.1, -0.05) is 48.5 Å². The average molecular weight is 358 g/mol. The monoisotopic (exact) mass is 358 g/mol. The van der Waals surface area contributed by atoms with Crippen molar-refractivity contribution in [3.63, 3.8) is 0 Å². The van der Waals surface area contributed by atoms with E-state index in [9.17, 15) is 9.90 Å². The van der Waals surface area contributed by atoms with E-state index in [1.807, 2.05) is 50.5 Å². The zero-order valence-corrected chi connectivity index (χ0v) is 15.4. The molecule has 1 aliphatic heterocycles. The van der Waals surface area contributed by atoms with Gasteiger partial charge in [-0.2, -0.15) is 0 Å². The molecule has 4 rings (SSSR count). The molecule has 1 aliphatic rings. The zero-order chi connectivity index (χ0) is 19.0. The third-order valence-electron chi connectivity index (χ3n) is 5.11. The highest BCUT2D eigenvalue weighted by Gasteiger charge is 2.49. The zero-order valence-electron chi connectivity index (χ0n) is 15.4. The first-order chi connectivity index (χ1) is 13.1. The Balaban J connectivity index is 1.76. The summed E-state index contributed by atoms with van der Waals surface area (Å²) in [6.07, 6.45) is 0. The molecular formula is C23H22N2O2. The summed E-state index contributed by atoms with van der Waals surface area (Å²) in [5.74, 6) is -0.0163. The van der Waals surface area contributed by atoms with E-state index in [0.29, 0.717) is 5.69 Å². The first-order valence-electron chi connectivity index (χ1n) is 9.00. The van der Waals surface area contributed by atoms with E-state index in [1.54, 1.807) is 23.1 Å². The Kier molecular flexibility index (Phi) is 4.32. The minimum Gasteiger partial charge on any atom is -0.508 e. The van der Waals surface area contributed by atoms with Gasteiger partial charge in [0.15, 0.2) is 0 Å². The highest BCUT2D eigenvalue weighted by Crippen LogP contribution is 2.49. The van der Waals surface area contributed by atoms with Crippen molar-refractivity contribution in [1.82, 2.24) is 0 Å². The summed E-state index contributed by atoms with van der Waals surface area (Å²) in [4.78, 5) is 16.9. The van der Waals surface area contributed by atoms with Gasteiger partial charge in [-0.3, -0.25) is 4.79 Å². The molecule has 136 valence electrons. The Labute approximate surface area is 159 Å². The minimum atomic E-state index is -0.223. The SMILES string of the molecule is CN(C)c1ccc([C@H]2[C@@H](c3ccccc3)C(=O)N2c2cccc(O)c2)cc1. The van der Waals surface area contributed by atoms with Crippen molar-refractivity contribution < 1.29 is 9.90 Å². The van der Waals surface area contributed by atoms with Crippen LogP contribution in [0.3, 0.4) is 0 Å². The molecule has 0 spiro atoms. The lowest BCUT2D eigenvalue weighted by Gasteiger charge is -2.47. The molecule has 1 saturated heterocycles. The summed E-state index contributed by atoms with van der Waals surface area (Å²) < 4.78 is 0. The van der Waals surface area contributed by atoms with E-state index in [0.717, 1.165) is 16.8 Å². The molecular weight excluding hydrogens is 336 g/mol. The van der Waals surface area contributed by atoms with Crippen LogP contribution in [0.15, 0.2) is 78.9 Å². The van der Waals surface area contributed by atoms with Crippen molar-refractivity contribution in [2.75, 3.05) is 23.9 Å². The van der Waals surface area contributed by atoms with Crippen molar-refractivity contribution in [3.05, 3.63) is 90.0 Å². The highest BCUT2D eigenvalue weighted by atomic mass is 16.3. The molecule has 27 heavy (non-hydrogen) atoms. The van der Waals surface area contributed by atoms with E-state index in [2.05, 4.69) is 29.2 Å². The fourth-order valence-electron chi connectivity index (χ4n) is 3.72. The Morgan fingerprint density at radius 1 is 0.852 bits per heavy atom. The molecule has 3 aromatic rings. The largest absolute Gasteiger partial charge is 0.508 e. The second-order valence-corrected chi connectivity index (χ2v) is 7.05. The standard InChI is InChI=1S/C23H22N2O2/c1-24(2)18-13-11-17(12-14-18)22-21(16-7-4-3-5-8-16)23(27)25(22)19-9-6-10-20(26)15-19/h3-15,21-22,26H,1-2H3/t21-,22+/m1/s1. The molecule has 0 aliphatic carbocycles. The molecule has 1 fully saturated rings. The van der Waals surface area contributed by atoms with Gasteiger partial charge in [-0.15, -0.1) is 0 Å². The van der Waals surface area contributed by atoms with Crippen LogP contribution >= 0.6 is 0 Å². The highest BCUT2D eigenvalue weighted by molar-refractivity contribution is 6.06. The van der Waals surface area contributed by atoms with Crippen molar-refractivity contribution in [1.29, 1.82) is 0 Å². The van der Waals surface area contributed by atoms with Crippen LogP contribution in [0.25, 0.3) is 0 Å². The maximum Gasteiger partial charge on any atom is 0.237 e. The molecule has 0 unspecified atom stereocenters. The van der Waals surface area contributed by atoms with Gasteiger partial charge in [0.05, 0.1) is 12.0 Å². The normalized spacial score (nSPS) is 18.9. The van der Waals surface area contributed by atoms with Gasteiger partial charge in [-0.25, -0.2) is 0 Å². The van der Waals surface area contributed by atoms with E-state index in [4.69, 9.17) is 0 Å². The second kappa shape index (κ2) is 6.80. The van der Waals surface area contributed by atoms with Gasteiger partial charge in [0, 0.05) is 31.5 Å². The first kappa shape index (κ1) is 17.2. The van der Waals surface area contributed by atoms with Gasteiger partial charge >= 0.3 is 0 Å². The number of hydrogen-bond donors (Lipinski definition) is 1. The summed E-state index contributed by atoms with van der Waals surface area (Å²) in [6, 6.07) is 25.0. The molecule has 3 aromatic carbocycles. The van der Waals surface area contributed by atoms with E-state index < -0.39 is 0 Å². The number of hydrogen-bond acceptors (Lipinski definition) is 3. The summed E-state index contributed by atoms with van der Waals surface area (Å²) >= 11 is 0. The predicted molar refractivity (Wildman–Crippen MR) is 108 cm³/mol. The third kappa shape index (κ3) is 3.04. The van der Waals surface area contributed by atoms with Crippen LogP contribution in [0.2, 0.25) is 0 Å². The lowest BCUT2D eigenvalue weighted by molar-refractivity contribution is -0.126. The number of β-lactam (4-membered cyclic amide) rings is 1. The average Bonchev–Trinajstić information content (AvgIpc) is 2.67. The number of phenols is 1. The second-order valence-electron chi connectivity index (χ2n) is 7.05. The molecule has 1 heterocycles. The number of rotatable bonds is 4. The first-order valence-corrected chi connectivity index (χ1v) is 9.00. The summed E-state index contributed by atoms with van der Waals surface area (Å²) in [5.41, 5.74) is 3.93. The molecule has 0 saturated carbocycles. The van der Waals surface area contributed by atoms with Gasteiger partial charge in [-0.05, 0) is 35.4 Å². The number of carbonyl (C=O) groups is 1. The number of benzene rings is 3. The molecule has 4 heteroatoms. The Hall–Kier alpha value is -3.27. The fourth-order valence-corrected chi connectivity index (χ4v) is 3.72. The molecule has 2 atom stereocenters. The van der Waals surface area contributed by atoms with E-state index >= 15 is 0 Å². The number of phenolic OH excluding ortho intramolecular Hbond substituents is 1. The molecule has 0 radical (unpaired) electrons. The van der Waals surface area contributed by atoms with Crippen molar-refractivity contribution in [2.45, 2.75) is 12.0 Å². The Morgan fingerprint density at radius 3 is 2.19 bits per heavy atom. The lowest BCUT2D eigenvalue weighted by atomic mass is 9.77. The topological polar surface area (TPSA) is 43.8 Å². The summed E-state index contributed by atoms with van der Waals surface area (Å²) in [5, 5.41) is 9.86. The Bertz CT molecular complexity index is 952. The summed E-state index contributed by atoms with van der Waals surface area (Å²) in [7, 11) is 4.02. The number of aromatic hydroxyl groups is 1. The van der Waals surface area contributed by atoms with Crippen LogP contribution in [-0.4, -0.2) is 25.1 Å². The van der Waals surface area contributed by atoms with Gasteiger partial charge in [0.25, 0.3) is 0 Å². The predicted octanol–water partition coefficient (Wildman–Crippen LogP) is 4.33. The number of carbonyl (C=O) groups excluding carboxylic acids is 1. The van der Waals surface area contributed by atoms with Crippen molar-refractivity contribution >= 4 is 17.3 Å². The third-order valence-corrected chi connectivity index (χ3v) is 5.11.